The number of nitrogens with one attached hydrogen (secondary N) is 1. The Kier molecular flexibility index (Phi) is 6.96. The summed E-state index contributed by atoms with van der Waals surface area (Å²) < 4.78 is 13.5. The normalized spacial score (nSPS) is 10.5. The van der Waals surface area contributed by atoms with Crippen LogP contribution >= 0.6 is 24.8 Å². The van der Waals surface area contributed by atoms with Crippen LogP contribution in [0.25, 0.3) is 11.0 Å². The van der Waals surface area contributed by atoms with Gasteiger partial charge in [0.15, 0.2) is 0 Å². The molecule has 0 unspecified atom stereocenters. The third-order valence-corrected chi connectivity index (χ3v) is 2.49. The summed E-state index contributed by atoms with van der Waals surface area (Å²) in [4.78, 5) is 20.1. The number of benzene rings is 1. The molecule has 0 aliphatic carbocycles. The highest BCUT2D eigenvalue weighted by Gasteiger charge is 2.17. The van der Waals surface area contributed by atoms with Gasteiger partial charge in [-0.05, 0) is 19.9 Å². The molecule has 116 valence electrons. The molecule has 0 radical (unpaired) electrons. The summed E-state index contributed by atoms with van der Waals surface area (Å²) in [6.45, 7) is 3.86. The number of nitrogens with two attached hydrogens (primary N) is 1. The summed E-state index contributed by atoms with van der Waals surface area (Å²) in [7, 11) is 0. The number of nitrogens with zero attached hydrogens (tertiary/aromatic N) is 2. The molecule has 2 aromatic rings. The zero-order valence-electron chi connectivity index (χ0n) is 11.6. The lowest BCUT2D eigenvalue weighted by molar-refractivity contribution is 0.0947. The number of fused-ring (bicyclic) bond motifs is 1. The van der Waals surface area contributed by atoms with E-state index < -0.39 is 17.3 Å². The minimum absolute atomic E-state index is 0. The maximum absolute atomic E-state index is 13.5. The van der Waals surface area contributed by atoms with Crippen LogP contribution in [0.5, 0.6) is 0 Å². The summed E-state index contributed by atoms with van der Waals surface area (Å²) in [5, 5.41) is 2.66. The van der Waals surface area contributed by atoms with Crippen LogP contribution in [-0.4, -0.2) is 28.0 Å². The van der Waals surface area contributed by atoms with Gasteiger partial charge in [0.1, 0.15) is 11.3 Å². The largest absolute Gasteiger partial charge is 0.350 e. The van der Waals surface area contributed by atoms with Gasteiger partial charge in [0.05, 0.1) is 11.1 Å². The van der Waals surface area contributed by atoms with Gasteiger partial charge in [-0.2, -0.15) is 0 Å². The molecule has 3 N–H and O–H groups in total. The summed E-state index contributed by atoms with van der Waals surface area (Å²) >= 11 is 0. The average Bonchev–Trinajstić information content (AvgIpc) is 2.34. The number of amides is 1. The first-order chi connectivity index (χ1) is 8.87. The molecule has 1 amide bonds. The van der Waals surface area contributed by atoms with E-state index in [-0.39, 0.29) is 36.9 Å². The highest BCUT2D eigenvalue weighted by molar-refractivity contribution is 6.04. The van der Waals surface area contributed by atoms with Crippen LogP contribution in [0, 0.1) is 5.82 Å². The fourth-order valence-corrected chi connectivity index (χ4v) is 1.62. The van der Waals surface area contributed by atoms with Crippen molar-refractivity contribution in [2.75, 3.05) is 6.54 Å². The van der Waals surface area contributed by atoms with E-state index in [0.717, 1.165) is 6.07 Å². The standard InChI is InChI=1S/C13H15FN4O.2ClH/c1-13(2,15)7-18-12(19)9-5-8(14)6-10-11(9)17-4-3-16-10;;/h3-6H,7,15H2,1-2H3,(H,18,19);2*1H. The van der Waals surface area contributed by atoms with Crippen molar-refractivity contribution in [1.29, 1.82) is 0 Å². The predicted molar refractivity (Wildman–Crippen MR) is 84.6 cm³/mol. The second-order valence-electron chi connectivity index (χ2n) is 5.05. The van der Waals surface area contributed by atoms with Gasteiger partial charge in [-0.1, -0.05) is 0 Å². The molecule has 0 atom stereocenters. The molecular weight excluding hydrogens is 318 g/mol. The molecule has 8 heteroatoms. The minimum atomic E-state index is -0.537. The molecule has 21 heavy (non-hydrogen) atoms. The molecule has 0 spiro atoms. The first-order valence-corrected chi connectivity index (χ1v) is 5.84. The van der Waals surface area contributed by atoms with Crippen molar-refractivity contribution in [3.05, 3.63) is 35.9 Å². The third kappa shape index (κ3) is 5.08. The first kappa shape index (κ1) is 19.5. The maximum atomic E-state index is 13.5. The highest BCUT2D eigenvalue weighted by Crippen LogP contribution is 2.16. The van der Waals surface area contributed by atoms with Gasteiger partial charge in [-0.3, -0.25) is 14.8 Å². The van der Waals surface area contributed by atoms with Crippen molar-refractivity contribution in [2.24, 2.45) is 5.73 Å². The van der Waals surface area contributed by atoms with Gasteiger partial charge in [-0.25, -0.2) is 4.39 Å². The maximum Gasteiger partial charge on any atom is 0.253 e. The quantitative estimate of drug-likeness (QED) is 0.900. The van der Waals surface area contributed by atoms with E-state index in [4.69, 9.17) is 5.73 Å². The Morgan fingerprint density at radius 3 is 2.52 bits per heavy atom. The molecule has 5 nitrogen and oxygen atoms in total. The van der Waals surface area contributed by atoms with E-state index in [0.29, 0.717) is 11.0 Å². The van der Waals surface area contributed by atoms with Crippen LogP contribution in [0.1, 0.15) is 24.2 Å². The van der Waals surface area contributed by atoms with Crippen LogP contribution in [0.15, 0.2) is 24.5 Å². The molecule has 0 aliphatic heterocycles. The number of halogens is 3. The van der Waals surface area contributed by atoms with Crippen molar-refractivity contribution < 1.29 is 9.18 Å². The van der Waals surface area contributed by atoms with Crippen LogP contribution in [0.3, 0.4) is 0 Å². The van der Waals surface area contributed by atoms with Crippen LogP contribution < -0.4 is 11.1 Å². The van der Waals surface area contributed by atoms with Gasteiger partial charge < -0.3 is 11.1 Å². The molecule has 2 rings (SSSR count). The molecule has 1 aromatic carbocycles. The minimum Gasteiger partial charge on any atom is -0.350 e. The predicted octanol–water partition coefficient (Wildman–Crippen LogP) is 2.08. The molecule has 0 fully saturated rings. The number of carbonyl (C=O) groups excluding carboxylic acids is 1. The Hall–Kier alpha value is -1.50. The monoisotopic (exact) mass is 334 g/mol. The van der Waals surface area contributed by atoms with Crippen molar-refractivity contribution >= 4 is 41.8 Å². The number of aromatic nitrogens is 2. The summed E-state index contributed by atoms with van der Waals surface area (Å²) in [5.41, 5.74) is 6.13. The van der Waals surface area contributed by atoms with E-state index in [2.05, 4.69) is 15.3 Å². The lowest BCUT2D eigenvalue weighted by Crippen LogP contribution is -2.45. The summed E-state index contributed by atoms with van der Waals surface area (Å²) in [6, 6.07) is 2.39. The highest BCUT2D eigenvalue weighted by atomic mass is 35.5. The molecular formula is C13H17Cl2FN4O. The second kappa shape index (κ2) is 7.49. The Balaban J connectivity index is 0.00000200. The first-order valence-electron chi connectivity index (χ1n) is 5.84. The van der Waals surface area contributed by atoms with Crippen LogP contribution in [0.4, 0.5) is 4.39 Å². The zero-order valence-corrected chi connectivity index (χ0v) is 13.2. The van der Waals surface area contributed by atoms with Crippen molar-refractivity contribution in [1.82, 2.24) is 15.3 Å². The van der Waals surface area contributed by atoms with E-state index >= 15 is 0 Å². The lowest BCUT2D eigenvalue weighted by Gasteiger charge is -2.19. The average molecular weight is 335 g/mol. The molecule has 1 heterocycles. The molecule has 1 aromatic heterocycles. The number of hydrogen-bond donors (Lipinski definition) is 2. The molecule has 0 saturated carbocycles. The summed E-state index contributed by atoms with van der Waals surface area (Å²) in [5.74, 6) is -0.936. The van der Waals surface area contributed by atoms with Gasteiger partial charge in [0.25, 0.3) is 5.91 Å². The molecule has 0 bridgehead atoms. The van der Waals surface area contributed by atoms with Gasteiger partial charge in [0.2, 0.25) is 0 Å². The fourth-order valence-electron chi connectivity index (χ4n) is 1.62. The Bertz CT molecular complexity index is 631. The SMILES string of the molecule is CC(C)(N)CNC(=O)c1cc(F)cc2nccnc12.Cl.Cl. The number of carbonyl (C=O) groups is 1. The van der Waals surface area contributed by atoms with E-state index in [1.165, 1.54) is 18.5 Å². The molecule has 0 saturated heterocycles. The Morgan fingerprint density at radius 1 is 1.29 bits per heavy atom. The Labute approximate surface area is 134 Å². The second-order valence-corrected chi connectivity index (χ2v) is 5.05. The van der Waals surface area contributed by atoms with E-state index in [9.17, 15) is 9.18 Å². The number of rotatable bonds is 3. The number of hydrogen-bond acceptors (Lipinski definition) is 4. The van der Waals surface area contributed by atoms with Gasteiger partial charge in [0, 0.05) is 30.5 Å². The van der Waals surface area contributed by atoms with E-state index in [1.54, 1.807) is 13.8 Å². The fraction of sp³-hybridized carbons (Fsp3) is 0.308. The van der Waals surface area contributed by atoms with Crippen molar-refractivity contribution in [2.45, 2.75) is 19.4 Å². The third-order valence-electron chi connectivity index (χ3n) is 2.49. The summed E-state index contributed by atoms with van der Waals surface area (Å²) in [6.07, 6.45) is 2.91. The topological polar surface area (TPSA) is 80.9 Å². The van der Waals surface area contributed by atoms with Crippen LogP contribution in [0.2, 0.25) is 0 Å². The van der Waals surface area contributed by atoms with Crippen LogP contribution in [-0.2, 0) is 0 Å². The Morgan fingerprint density at radius 2 is 1.90 bits per heavy atom. The zero-order chi connectivity index (χ0) is 14.0. The van der Waals surface area contributed by atoms with E-state index in [1.807, 2.05) is 0 Å². The lowest BCUT2D eigenvalue weighted by atomic mass is 10.1. The van der Waals surface area contributed by atoms with Crippen molar-refractivity contribution in [3.63, 3.8) is 0 Å². The molecule has 0 aliphatic rings. The smallest absolute Gasteiger partial charge is 0.253 e. The van der Waals surface area contributed by atoms with Gasteiger partial charge >= 0.3 is 0 Å². The van der Waals surface area contributed by atoms with Gasteiger partial charge in [-0.15, -0.1) is 24.8 Å². The van der Waals surface area contributed by atoms with Crippen molar-refractivity contribution in [3.8, 4) is 0 Å².